The molecule has 10 nitrogen and oxygen atoms in total. The molecule has 0 aliphatic carbocycles. The largest absolute Gasteiger partial charge is 0.497 e. The van der Waals surface area contributed by atoms with Crippen LogP contribution in [0.4, 0.5) is 5.69 Å². The fraction of sp³-hybridized carbons (Fsp3) is 0.297. The van der Waals surface area contributed by atoms with Gasteiger partial charge in [-0.15, -0.1) is 0 Å². The Hall–Kier alpha value is -5.03. The lowest BCUT2D eigenvalue weighted by molar-refractivity contribution is -0.140. The topological polar surface area (TPSA) is 114 Å². The van der Waals surface area contributed by atoms with E-state index >= 15 is 0 Å². The molecule has 1 N–H and O–H groups in total. The number of nitrogens with one attached hydrogen (secondary N) is 1. The molecule has 11 heteroatoms. The molecular formula is C37H43N3O7S. The third kappa shape index (κ3) is 8.86. The van der Waals surface area contributed by atoms with Crippen LogP contribution in [0.25, 0.3) is 0 Å². The molecule has 2 amide bonds. The van der Waals surface area contributed by atoms with E-state index in [4.69, 9.17) is 14.2 Å². The number of benzene rings is 4. The van der Waals surface area contributed by atoms with Gasteiger partial charge in [0.05, 0.1) is 31.9 Å². The van der Waals surface area contributed by atoms with E-state index in [-0.39, 0.29) is 41.2 Å². The minimum absolute atomic E-state index is 0.0250. The Morgan fingerprint density at radius 1 is 0.771 bits per heavy atom. The summed E-state index contributed by atoms with van der Waals surface area (Å²) in [4.78, 5) is 29.9. The molecule has 0 spiro atoms. The molecule has 0 aliphatic rings. The number of methoxy groups -OCH3 is 3. The minimum Gasteiger partial charge on any atom is -0.497 e. The quantitative estimate of drug-likeness (QED) is 0.180. The number of sulfonamides is 1. The summed E-state index contributed by atoms with van der Waals surface area (Å²) in [6.07, 6.45) is 0.210. The summed E-state index contributed by atoms with van der Waals surface area (Å²) in [5, 5.41) is 2.96. The molecule has 4 aromatic carbocycles. The Bertz CT molecular complexity index is 1800. The van der Waals surface area contributed by atoms with Crippen LogP contribution in [0.2, 0.25) is 0 Å². The number of ether oxygens (including phenoxy) is 3. The Labute approximate surface area is 283 Å². The maximum absolute atomic E-state index is 14.6. The van der Waals surface area contributed by atoms with E-state index in [1.807, 2.05) is 57.2 Å². The normalized spacial score (nSPS) is 11.8. The lowest BCUT2D eigenvalue weighted by Gasteiger charge is -2.34. The van der Waals surface area contributed by atoms with Crippen LogP contribution in [0.5, 0.6) is 17.2 Å². The second-order valence-corrected chi connectivity index (χ2v) is 13.5. The van der Waals surface area contributed by atoms with Crippen LogP contribution in [-0.4, -0.2) is 65.1 Å². The third-order valence-electron chi connectivity index (χ3n) is 7.73. The molecule has 254 valence electrons. The number of aryl methyl sites for hydroxylation is 1. The summed E-state index contributed by atoms with van der Waals surface area (Å²) in [6, 6.07) is 26.6. The van der Waals surface area contributed by atoms with Crippen LogP contribution in [0, 0.1) is 6.92 Å². The van der Waals surface area contributed by atoms with Gasteiger partial charge in [0.2, 0.25) is 11.8 Å². The van der Waals surface area contributed by atoms with Gasteiger partial charge in [-0.2, -0.15) is 0 Å². The molecule has 0 aromatic heterocycles. The maximum atomic E-state index is 14.6. The summed E-state index contributed by atoms with van der Waals surface area (Å²) in [5.41, 5.74) is 2.76. The van der Waals surface area contributed by atoms with Gasteiger partial charge in [0.15, 0.2) is 11.5 Å². The molecule has 0 unspecified atom stereocenters. The summed E-state index contributed by atoms with van der Waals surface area (Å²) >= 11 is 0. The van der Waals surface area contributed by atoms with Crippen molar-refractivity contribution in [2.75, 3.05) is 32.2 Å². The van der Waals surface area contributed by atoms with Crippen LogP contribution < -0.4 is 23.8 Å². The molecule has 0 saturated heterocycles. The molecule has 0 bridgehead atoms. The lowest BCUT2D eigenvalue weighted by atomic mass is 10.0. The number of nitrogens with zero attached hydrogens (tertiary/aromatic N) is 2. The van der Waals surface area contributed by atoms with Gasteiger partial charge in [-0.1, -0.05) is 60.2 Å². The van der Waals surface area contributed by atoms with Gasteiger partial charge in [-0.25, -0.2) is 8.42 Å². The number of hydrogen-bond donors (Lipinski definition) is 1. The first-order valence-electron chi connectivity index (χ1n) is 15.5. The van der Waals surface area contributed by atoms with E-state index in [9.17, 15) is 18.0 Å². The van der Waals surface area contributed by atoms with Gasteiger partial charge in [-0.3, -0.25) is 13.9 Å². The highest BCUT2D eigenvalue weighted by molar-refractivity contribution is 7.92. The molecule has 1 atom stereocenters. The Balaban J connectivity index is 1.83. The van der Waals surface area contributed by atoms with Gasteiger partial charge >= 0.3 is 0 Å². The first kappa shape index (κ1) is 35.8. The van der Waals surface area contributed by atoms with E-state index in [0.717, 1.165) is 15.4 Å². The molecule has 48 heavy (non-hydrogen) atoms. The predicted molar refractivity (Wildman–Crippen MR) is 186 cm³/mol. The number of hydrogen-bond acceptors (Lipinski definition) is 7. The molecule has 0 heterocycles. The predicted octanol–water partition coefficient (Wildman–Crippen LogP) is 5.38. The fourth-order valence-electron chi connectivity index (χ4n) is 5.25. The van der Waals surface area contributed by atoms with Crippen LogP contribution in [-0.2, 0) is 32.6 Å². The van der Waals surface area contributed by atoms with Crippen molar-refractivity contribution >= 4 is 27.5 Å². The number of anilines is 1. The Morgan fingerprint density at radius 2 is 1.44 bits per heavy atom. The highest BCUT2D eigenvalue weighted by Gasteiger charge is 2.35. The van der Waals surface area contributed by atoms with Gasteiger partial charge in [0, 0.05) is 25.1 Å². The first-order chi connectivity index (χ1) is 23.0. The van der Waals surface area contributed by atoms with Crippen LogP contribution in [0.3, 0.4) is 0 Å². The van der Waals surface area contributed by atoms with Crippen molar-refractivity contribution in [2.24, 2.45) is 0 Å². The lowest BCUT2D eigenvalue weighted by Crippen LogP contribution is -2.54. The second kappa shape index (κ2) is 16.2. The number of carbonyl (C=O) groups is 2. The molecule has 0 radical (unpaired) electrons. The Morgan fingerprint density at radius 3 is 2.06 bits per heavy atom. The van der Waals surface area contributed by atoms with Gasteiger partial charge in [0.1, 0.15) is 18.3 Å². The van der Waals surface area contributed by atoms with Crippen molar-refractivity contribution < 1.29 is 32.2 Å². The summed E-state index contributed by atoms with van der Waals surface area (Å²) < 4.78 is 46.0. The summed E-state index contributed by atoms with van der Waals surface area (Å²) in [5.74, 6) is 0.251. The molecule has 4 aromatic rings. The van der Waals surface area contributed by atoms with E-state index < -0.39 is 28.5 Å². The zero-order chi connectivity index (χ0) is 34.8. The van der Waals surface area contributed by atoms with Crippen molar-refractivity contribution in [3.8, 4) is 17.2 Å². The molecule has 0 fully saturated rings. The van der Waals surface area contributed by atoms with Crippen molar-refractivity contribution in [3.05, 3.63) is 114 Å². The molecule has 4 rings (SSSR count). The third-order valence-corrected chi connectivity index (χ3v) is 9.50. The maximum Gasteiger partial charge on any atom is 0.264 e. The number of carbonyl (C=O) groups excluding carboxylic acids is 2. The molecule has 0 saturated carbocycles. The highest BCUT2D eigenvalue weighted by Crippen LogP contribution is 2.32. The SMILES string of the molecule is COc1cccc(CN(C(=O)CN(c2ccc(C)cc2)S(=O)(=O)c2ccc(OC)c(OC)c2)[C@H](Cc2ccccc2)C(=O)NC(C)C)c1. The van der Waals surface area contributed by atoms with Gasteiger partial charge < -0.3 is 24.4 Å². The van der Waals surface area contributed by atoms with E-state index in [1.165, 1.54) is 37.3 Å². The number of rotatable bonds is 15. The highest BCUT2D eigenvalue weighted by atomic mass is 32.2. The smallest absolute Gasteiger partial charge is 0.264 e. The molecular weight excluding hydrogens is 630 g/mol. The van der Waals surface area contributed by atoms with E-state index in [1.54, 1.807) is 49.6 Å². The molecule has 0 aliphatic heterocycles. The first-order valence-corrected chi connectivity index (χ1v) is 17.0. The monoisotopic (exact) mass is 673 g/mol. The van der Waals surface area contributed by atoms with Crippen molar-refractivity contribution in [1.29, 1.82) is 0 Å². The average molecular weight is 674 g/mol. The van der Waals surface area contributed by atoms with Gasteiger partial charge in [0.25, 0.3) is 10.0 Å². The zero-order valence-corrected chi connectivity index (χ0v) is 29.0. The van der Waals surface area contributed by atoms with Crippen molar-refractivity contribution in [3.63, 3.8) is 0 Å². The fourth-order valence-corrected chi connectivity index (χ4v) is 6.68. The Kier molecular flexibility index (Phi) is 12.1. The zero-order valence-electron chi connectivity index (χ0n) is 28.2. The van der Waals surface area contributed by atoms with E-state index in [0.29, 0.717) is 17.1 Å². The van der Waals surface area contributed by atoms with Crippen LogP contribution in [0.15, 0.2) is 102 Å². The van der Waals surface area contributed by atoms with Crippen molar-refractivity contribution in [2.45, 2.75) is 50.7 Å². The van der Waals surface area contributed by atoms with E-state index in [2.05, 4.69) is 5.32 Å². The number of amides is 2. The van der Waals surface area contributed by atoms with Crippen LogP contribution in [0.1, 0.15) is 30.5 Å². The summed E-state index contributed by atoms with van der Waals surface area (Å²) in [7, 11) is 0.0972. The standard InChI is InChI=1S/C37H43N3O7S/c1-26(2)38-37(42)33(22-28-11-8-7-9-12-28)39(24-29-13-10-14-31(21-29)45-4)36(41)25-40(30-17-15-27(3)16-18-30)48(43,44)32-19-20-34(46-5)35(23-32)47-6/h7-21,23,26,33H,22,24-25H2,1-6H3,(H,38,42)/t33-/m1/s1. The van der Waals surface area contributed by atoms with Crippen LogP contribution >= 0.6 is 0 Å². The second-order valence-electron chi connectivity index (χ2n) is 11.6. The average Bonchev–Trinajstić information content (AvgIpc) is 3.08. The summed E-state index contributed by atoms with van der Waals surface area (Å²) in [6.45, 7) is 5.03. The van der Waals surface area contributed by atoms with Crippen molar-refractivity contribution in [1.82, 2.24) is 10.2 Å². The minimum atomic E-state index is -4.33. The van der Waals surface area contributed by atoms with Gasteiger partial charge in [-0.05, 0) is 68.3 Å².